The van der Waals surface area contributed by atoms with E-state index < -0.39 is 0 Å². The van der Waals surface area contributed by atoms with Gasteiger partial charge in [-0.05, 0) is 37.7 Å². The van der Waals surface area contributed by atoms with Crippen molar-refractivity contribution < 1.29 is 4.79 Å². The molecular weight excluding hydrogens is 334 g/mol. The van der Waals surface area contributed by atoms with Crippen LogP contribution in [0.3, 0.4) is 0 Å². The number of amides is 2. The number of H-pyrrole nitrogens is 1. The molecule has 0 unspecified atom stereocenters. The number of hydrogen-bond acceptors (Lipinski definition) is 4. The standard InChI is InChI=1S/C18H25N5OS/c24-18(23-10-7-13(8-11-23)15-6-9-20-22-15)21-17-19-12-16(25-17)14-4-2-1-3-5-14/h6,9,12-14H,1-5,7-8,10-11H2,(H,20,22)(H,19,21,24). The Morgan fingerprint density at radius 1 is 1.16 bits per heavy atom. The molecule has 6 nitrogen and oxygen atoms in total. The molecule has 1 saturated carbocycles. The van der Waals surface area contributed by atoms with E-state index in [0.717, 1.165) is 31.1 Å². The number of piperidine rings is 1. The molecule has 1 saturated heterocycles. The highest BCUT2D eigenvalue weighted by Crippen LogP contribution is 2.36. The minimum absolute atomic E-state index is 0.0207. The molecule has 2 amide bonds. The number of urea groups is 1. The number of aromatic nitrogens is 3. The fraction of sp³-hybridized carbons (Fsp3) is 0.611. The van der Waals surface area contributed by atoms with E-state index in [-0.39, 0.29) is 6.03 Å². The van der Waals surface area contributed by atoms with Crippen molar-refractivity contribution in [2.45, 2.75) is 56.8 Å². The van der Waals surface area contributed by atoms with Gasteiger partial charge in [-0.25, -0.2) is 9.78 Å². The number of nitrogens with one attached hydrogen (secondary N) is 2. The van der Waals surface area contributed by atoms with Crippen LogP contribution in [0.15, 0.2) is 18.5 Å². The molecule has 1 aliphatic heterocycles. The summed E-state index contributed by atoms with van der Waals surface area (Å²) in [6.07, 6.45) is 12.2. The highest BCUT2D eigenvalue weighted by Gasteiger charge is 2.25. The number of rotatable bonds is 3. The van der Waals surface area contributed by atoms with Crippen molar-refractivity contribution in [3.63, 3.8) is 0 Å². The highest BCUT2D eigenvalue weighted by atomic mass is 32.1. The number of thiazole rings is 1. The fourth-order valence-electron chi connectivity index (χ4n) is 3.98. The summed E-state index contributed by atoms with van der Waals surface area (Å²) in [6, 6.07) is 2.01. The lowest BCUT2D eigenvalue weighted by molar-refractivity contribution is 0.194. The van der Waals surface area contributed by atoms with Gasteiger partial charge in [-0.2, -0.15) is 5.10 Å². The number of likely N-dealkylation sites (tertiary alicyclic amines) is 1. The maximum Gasteiger partial charge on any atom is 0.323 e. The van der Waals surface area contributed by atoms with Crippen molar-refractivity contribution in [2.24, 2.45) is 0 Å². The number of hydrogen-bond donors (Lipinski definition) is 2. The van der Waals surface area contributed by atoms with Crippen molar-refractivity contribution >= 4 is 22.5 Å². The molecule has 0 radical (unpaired) electrons. The van der Waals surface area contributed by atoms with E-state index in [1.54, 1.807) is 17.5 Å². The average molecular weight is 359 g/mol. The summed E-state index contributed by atoms with van der Waals surface area (Å²) in [5.41, 5.74) is 1.18. The smallest absolute Gasteiger partial charge is 0.323 e. The fourth-order valence-corrected chi connectivity index (χ4v) is 4.95. The zero-order chi connectivity index (χ0) is 17.1. The molecule has 7 heteroatoms. The van der Waals surface area contributed by atoms with Crippen LogP contribution in [0.5, 0.6) is 0 Å². The Hall–Kier alpha value is -1.89. The largest absolute Gasteiger partial charge is 0.324 e. The van der Waals surface area contributed by atoms with Crippen molar-refractivity contribution in [2.75, 3.05) is 18.4 Å². The molecule has 2 aromatic rings. The first-order valence-electron chi connectivity index (χ1n) is 9.30. The van der Waals surface area contributed by atoms with Gasteiger partial charge >= 0.3 is 6.03 Å². The van der Waals surface area contributed by atoms with E-state index in [1.807, 2.05) is 17.2 Å². The van der Waals surface area contributed by atoms with Gasteiger partial charge in [0.05, 0.1) is 0 Å². The van der Waals surface area contributed by atoms with E-state index in [1.165, 1.54) is 42.7 Å². The number of carbonyl (C=O) groups excluding carboxylic acids is 1. The lowest BCUT2D eigenvalue weighted by atomic mass is 9.89. The lowest BCUT2D eigenvalue weighted by Crippen LogP contribution is -2.40. The van der Waals surface area contributed by atoms with Crippen LogP contribution in [-0.2, 0) is 0 Å². The Labute approximate surface area is 152 Å². The molecule has 0 spiro atoms. The summed E-state index contributed by atoms with van der Waals surface area (Å²) < 4.78 is 0. The van der Waals surface area contributed by atoms with Gasteiger partial charge in [-0.1, -0.05) is 19.3 Å². The summed E-state index contributed by atoms with van der Waals surface area (Å²) in [5, 5.41) is 10.8. The van der Waals surface area contributed by atoms with Gasteiger partial charge in [-0.15, -0.1) is 11.3 Å². The first kappa shape index (κ1) is 16.6. The second kappa shape index (κ2) is 7.56. The van der Waals surface area contributed by atoms with Gasteiger partial charge < -0.3 is 4.90 Å². The monoisotopic (exact) mass is 359 g/mol. The number of nitrogens with zero attached hydrogens (tertiary/aromatic N) is 3. The maximum absolute atomic E-state index is 12.5. The van der Waals surface area contributed by atoms with Crippen LogP contribution in [-0.4, -0.2) is 39.2 Å². The molecule has 3 heterocycles. The van der Waals surface area contributed by atoms with Crippen LogP contribution in [0.25, 0.3) is 0 Å². The molecule has 2 aromatic heterocycles. The third-order valence-corrected chi connectivity index (χ3v) is 6.56. The first-order valence-corrected chi connectivity index (χ1v) is 10.1. The Morgan fingerprint density at radius 2 is 1.96 bits per heavy atom. The predicted molar refractivity (Wildman–Crippen MR) is 99.1 cm³/mol. The van der Waals surface area contributed by atoms with Gasteiger partial charge in [0.1, 0.15) is 0 Å². The molecule has 0 atom stereocenters. The molecule has 2 N–H and O–H groups in total. The number of carbonyl (C=O) groups is 1. The third kappa shape index (κ3) is 3.86. The second-order valence-electron chi connectivity index (χ2n) is 7.11. The van der Waals surface area contributed by atoms with Crippen LogP contribution in [0.2, 0.25) is 0 Å². The second-order valence-corrected chi connectivity index (χ2v) is 8.17. The summed E-state index contributed by atoms with van der Waals surface area (Å²) >= 11 is 1.65. The zero-order valence-corrected chi connectivity index (χ0v) is 15.2. The van der Waals surface area contributed by atoms with Crippen LogP contribution < -0.4 is 5.32 Å². The summed E-state index contributed by atoms with van der Waals surface area (Å²) in [5.74, 6) is 1.12. The maximum atomic E-state index is 12.5. The molecule has 0 bridgehead atoms. The molecule has 4 rings (SSSR count). The van der Waals surface area contributed by atoms with E-state index in [0.29, 0.717) is 11.8 Å². The van der Waals surface area contributed by atoms with E-state index in [4.69, 9.17) is 0 Å². The molecule has 1 aliphatic carbocycles. The van der Waals surface area contributed by atoms with Gasteiger partial charge in [0.15, 0.2) is 5.13 Å². The van der Waals surface area contributed by atoms with Crippen molar-refractivity contribution in [1.82, 2.24) is 20.1 Å². The van der Waals surface area contributed by atoms with Gasteiger partial charge in [-0.3, -0.25) is 10.4 Å². The third-order valence-electron chi connectivity index (χ3n) is 5.49. The summed E-state index contributed by atoms with van der Waals surface area (Å²) in [7, 11) is 0. The summed E-state index contributed by atoms with van der Waals surface area (Å²) in [4.78, 5) is 20.2. The van der Waals surface area contributed by atoms with Gasteiger partial charge in [0, 0.05) is 42.0 Å². The van der Waals surface area contributed by atoms with Crippen LogP contribution in [0.4, 0.5) is 9.93 Å². The molecule has 25 heavy (non-hydrogen) atoms. The number of anilines is 1. The predicted octanol–water partition coefficient (Wildman–Crippen LogP) is 4.33. The van der Waals surface area contributed by atoms with E-state index in [9.17, 15) is 4.79 Å². The van der Waals surface area contributed by atoms with Crippen molar-refractivity contribution in [1.29, 1.82) is 0 Å². The summed E-state index contributed by atoms with van der Waals surface area (Å²) in [6.45, 7) is 1.55. The quantitative estimate of drug-likeness (QED) is 0.857. The van der Waals surface area contributed by atoms with Gasteiger partial charge in [0.2, 0.25) is 0 Å². The molecule has 0 aromatic carbocycles. The van der Waals surface area contributed by atoms with E-state index >= 15 is 0 Å². The molecule has 134 valence electrons. The zero-order valence-electron chi connectivity index (χ0n) is 14.4. The molecular formula is C18H25N5OS. The Bertz CT molecular complexity index is 684. The van der Waals surface area contributed by atoms with Crippen molar-refractivity contribution in [3.8, 4) is 0 Å². The van der Waals surface area contributed by atoms with Crippen molar-refractivity contribution in [3.05, 3.63) is 29.0 Å². The minimum atomic E-state index is -0.0207. The molecule has 2 fully saturated rings. The SMILES string of the molecule is O=C(Nc1ncc(C2CCCCC2)s1)N1CCC(c2ccn[nH]2)CC1. The van der Waals surface area contributed by atoms with Gasteiger partial charge in [0.25, 0.3) is 0 Å². The number of aromatic amines is 1. The minimum Gasteiger partial charge on any atom is -0.324 e. The normalized spacial score (nSPS) is 19.9. The first-order chi connectivity index (χ1) is 12.3. The van der Waals surface area contributed by atoms with E-state index in [2.05, 4.69) is 20.5 Å². The Morgan fingerprint density at radius 3 is 2.68 bits per heavy atom. The Kier molecular flexibility index (Phi) is 5.01. The van der Waals surface area contributed by atoms with Crippen LogP contribution >= 0.6 is 11.3 Å². The Balaban J connectivity index is 1.30. The van der Waals surface area contributed by atoms with Crippen LogP contribution in [0, 0.1) is 0 Å². The van der Waals surface area contributed by atoms with Crippen LogP contribution in [0.1, 0.15) is 67.4 Å². The topological polar surface area (TPSA) is 73.9 Å². The average Bonchev–Trinajstić information content (AvgIpc) is 3.35. The lowest BCUT2D eigenvalue weighted by Gasteiger charge is -2.31. The highest BCUT2D eigenvalue weighted by molar-refractivity contribution is 7.15. The molecule has 2 aliphatic rings.